The number of para-hydroxylation sites is 1. The number of amides is 1. The van der Waals surface area contributed by atoms with Crippen LogP contribution in [0.3, 0.4) is 0 Å². The van der Waals surface area contributed by atoms with Crippen molar-refractivity contribution in [2.45, 2.75) is 26.3 Å². The van der Waals surface area contributed by atoms with Crippen LogP contribution in [0, 0.1) is 0 Å². The van der Waals surface area contributed by atoms with Gasteiger partial charge in [-0.3, -0.25) is 9.78 Å². The van der Waals surface area contributed by atoms with Gasteiger partial charge in [-0.25, -0.2) is 9.97 Å². The Morgan fingerprint density at radius 2 is 1.79 bits per heavy atom. The third-order valence-electron chi connectivity index (χ3n) is 3.26. The van der Waals surface area contributed by atoms with E-state index in [1.54, 1.807) is 18.5 Å². The van der Waals surface area contributed by atoms with Crippen LogP contribution in [0.1, 0.15) is 31.3 Å². The van der Waals surface area contributed by atoms with E-state index < -0.39 is 0 Å². The standard InChI is InChI=1S/C18H19N5O/c1-18(2,3)23-16(24)14-9-11-20-17(22-14)21-13-8-4-6-12-7-5-10-19-15(12)13/h4-11H,1-3H3,(H,23,24)(H,20,21,22). The summed E-state index contributed by atoms with van der Waals surface area (Å²) < 4.78 is 0. The second-order valence-corrected chi connectivity index (χ2v) is 6.48. The Morgan fingerprint density at radius 1 is 1.00 bits per heavy atom. The van der Waals surface area contributed by atoms with Crippen molar-refractivity contribution in [3.8, 4) is 0 Å². The zero-order valence-corrected chi connectivity index (χ0v) is 13.9. The van der Waals surface area contributed by atoms with E-state index in [1.165, 1.54) is 0 Å². The number of rotatable bonds is 3. The van der Waals surface area contributed by atoms with E-state index in [0.717, 1.165) is 16.6 Å². The van der Waals surface area contributed by atoms with Gasteiger partial charge in [0.25, 0.3) is 5.91 Å². The molecule has 3 aromatic rings. The molecule has 6 nitrogen and oxygen atoms in total. The first kappa shape index (κ1) is 15.9. The van der Waals surface area contributed by atoms with Crippen LogP contribution >= 0.6 is 0 Å². The van der Waals surface area contributed by atoms with Crippen molar-refractivity contribution in [3.63, 3.8) is 0 Å². The highest BCUT2D eigenvalue weighted by atomic mass is 16.2. The summed E-state index contributed by atoms with van der Waals surface area (Å²) in [6.07, 6.45) is 3.30. The number of anilines is 2. The average molecular weight is 321 g/mol. The van der Waals surface area contributed by atoms with E-state index in [0.29, 0.717) is 11.6 Å². The zero-order chi connectivity index (χ0) is 17.2. The van der Waals surface area contributed by atoms with Crippen LogP contribution in [0.25, 0.3) is 10.9 Å². The molecule has 6 heteroatoms. The number of hydrogen-bond acceptors (Lipinski definition) is 5. The Balaban J connectivity index is 1.88. The predicted octanol–water partition coefficient (Wildman–Crippen LogP) is 3.30. The molecule has 24 heavy (non-hydrogen) atoms. The molecule has 0 aliphatic rings. The largest absolute Gasteiger partial charge is 0.346 e. The highest BCUT2D eigenvalue weighted by molar-refractivity contribution is 5.94. The molecule has 0 aliphatic heterocycles. The maximum absolute atomic E-state index is 12.2. The van der Waals surface area contributed by atoms with Gasteiger partial charge in [0.2, 0.25) is 5.95 Å². The highest BCUT2D eigenvalue weighted by Gasteiger charge is 2.17. The molecule has 2 N–H and O–H groups in total. The fraction of sp³-hybridized carbons (Fsp3) is 0.222. The smallest absolute Gasteiger partial charge is 0.270 e. The van der Waals surface area contributed by atoms with E-state index in [-0.39, 0.29) is 11.4 Å². The van der Waals surface area contributed by atoms with Gasteiger partial charge in [-0.05, 0) is 39.0 Å². The van der Waals surface area contributed by atoms with Gasteiger partial charge < -0.3 is 10.6 Å². The lowest BCUT2D eigenvalue weighted by Crippen LogP contribution is -2.41. The first-order chi connectivity index (χ1) is 11.4. The van der Waals surface area contributed by atoms with Gasteiger partial charge in [-0.1, -0.05) is 18.2 Å². The minimum atomic E-state index is -0.324. The number of nitrogens with one attached hydrogen (secondary N) is 2. The van der Waals surface area contributed by atoms with E-state index in [9.17, 15) is 4.79 Å². The van der Waals surface area contributed by atoms with Gasteiger partial charge in [0.1, 0.15) is 5.69 Å². The molecular weight excluding hydrogens is 302 g/mol. The van der Waals surface area contributed by atoms with Crippen LogP contribution in [0.15, 0.2) is 48.8 Å². The first-order valence-electron chi connectivity index (χ1n) is 7.69. The maximum atomic E-state index is 12.2. The van der Waals surface area contributed by atoms with Crippen LogP contribution in [0.2, 0.25) is 0 Å². The Bertz CT molecular complexity index is 880. The molecule has 0 fully saturated rings. The SMILES string of the molecule is CC(C)(C)NC(=O)c1ccnc(Nc2cccc3cccnc23)n1. The summed E-state index contributed by atoms with van der Waals surface area (Å²) in [5.74, 6) is 0.124. The zero-order valence-electron chi connectivity index (χ0n) is 13.9. The van der Waals surface area contributed by atoms with Crippen molar-refractivity contribution in [2.24, 2.45) is 0 Å². The van der Waals surface area contributed by atoms with E-state index in [4.69, 9.17) is 0 Å². The van der Waals surface area contributed by atoms with Crippen molar-refractivity contribution in [1.29, 1.82) is 0 Å². The highest BCUT2D eigenvalue weighted by Crippen LogP contribution is 2.22. The summed E-state index contributed by atoms with van der Waals surface area (Å²) >= 11 is 0. The van der Waals surface area contributed by atoms with Gasteiger partial charge in [0, 0.05) is 23.3 Å². The number of carbonyl (C=O) groups excluding carboxylic acids is 1. The predicted molar refractivity (Wildman–Crippen MR) is 94.3 cm³/mol. The number of hydrogen-bond donors (Lipinski definition) is 2. The van der Waals surface area contributed by atoms with Gasteiger partial charge >= 0.3 is 0 Å². The summed E-state index contributed by atoms with van der Waals surface area (Å²) in [6, 6.07) is 11.3. The quantitative estimate of drug-likeness (QED) is 0.774. The number of pyridine rings is 1. The van der Waals surface area contributed by atoms with Crippen LogP contribution in [-0.2, 0) is 0 Å². The van der Waals surface area contributed by atoms with Crippen LogP contribution in [-0.4, -0.2) is 26.4 Å². The van der Waals surface area contributed by atoms with Crippen molar-refractivity contribution in [2.75, 3.05) is 5.32 Å². The van der Waals surface area contributed by atoms with Crippen LogP contribution < -0.4 is 10.6 Å². The monoisotopic (exact) mass is 321 g/mol. The number of aromatic nitrogens is 3. The third-order valence-corrected chi connectivity index (χ3v) is 3.26. The molecular formula is C18H19N5O. The van der Waals surface area contributed by atoms with Gasteiger partial charge in [-0.2, -0.15) is 0 Å². The van der Waals surface area contributed by atoms with Gasteiger partial charge in [0.05, 0.1) is 11.2 Å². The fourth-order valence-corrected chi connectivity index (χ4v) is 2.28. The van der Waals surface area contributed by atoms with E-state index >= 15 is 0 Å². The van der Waals surface area contributed by atoms with Crippen molar-refractivity contribution < 1.29 is 4.79 Å². The lowest BCUT2D eigenvalue weighted by Gasteiger charge is -2.20. The van der Waals surface area contributed by atoms with E-state index in [2.05, 4.69) is 25.6 Å². The molecule has 0 unspecified atom stereocenters. The third kappa shape index (κ3) is 3.65. The molecule has 2 aromatic heterocycles. The molecule has 0 atom stereocenters. The fourth-order valence-electron chi connectivity index (χ4n) is 2.28. The van der Waals surface area contributed by atoms with Crippen LogP contribution in [0.5, 0.6) is 0 Å². The summed E-state index contributed by atoms with van der Waals surface area (Å²) in [6.45, 7) is 5.77. The Labute approximate surface area is 140 Å². The molecule has 1 aromatic carbocycles. The summed E-state index contributed by atoms with van der Waals surface area (Å²) in [5, 5.41) is 7.04. The van der Waals surface area contributed by atoms with Crippen molar-refractivity contribution in [3.05, 3.63) is 54.5 Å². The molecule has 0 aliphatic carbocycles. The van der Waals surface area contributed by atoms with E-state index in [1.807, 2.05) is 51.1 Å². The number of fused-ring (bicyclic) bond motifs is 1. The molecule has 1 amide bonds. The maximum Gasteiger partial charge on any atom is 0.270 e. The Hall–Kier alpha value is -3.02. The molecule has 0 saturated heterocycles. The van der Waals surface area contributed by atoms with Crippen LogP contribution in [0.4, 0.5) is 11.6 Å². The average Bonchev–Trinajstić information content (AvgIpc) is 2.54. The summed E-state index contributed by atoms with van der Waals surface area (Å²) in [5.41, 5.74) is 1.61. The lowest BCUT2D eigenvalue weighted by atomic mass is 10.1. The molecule has 122 valence electrons. The van der Waals surface area contributed by atoms with Crippen molar-refractivity contribution >= 4 is 28.4 Å². The molecule has 0 spiro atoms. The second kappa shape index (κ2) is 6.23. The molecule has 2 heterocycles. The van der Waals surface area contributed by atoms with Crippen molar-refractivity contribution in [1.82, 2.24) is 20.3 Å². The first-order valence-corrected chi connectivity index (χ1v) is 7.69. The number of carbonyl (C=O) groups is 1. The molecule has 0 bridgehead atoms. The Morgan fingerprint density at radius 3 is 2.58 bits per heavy atom. The molecule has 0 radical (unpaired) electrons. The summed E-state index contributed by atoms with van der Waals surface area (Å²) in [7, 11) is 0. The normalized spacial score (nSPS) is 11.3. The van der Waals surface area contributed by atoms with Gasteiger partial charge in [0.15, 0.2) is 0 Å². The molecule has 0 saturated carbocycles. The van der Waals surface area contributed by atoms with Gasteiger partial charge in [-0.15, -0.1) is 0 Å². The number of benzene rings is 1. The Kier molecular flexibility index (Phi) is 4.12. The molecule has 3 rings (SSSR count). The second-order valence-electron chi connectivity index (χ2n) is 6.48. The minimum absolute atomic E-state index is 0.232. The summed E-state index contributed by atoms with van der Waals surface area (Å²) in [4.78, 5) is 25.1. The number of nitrogens with zero attached hydrogens (tertiary/aromatic N) is 3. The minimum Gasteiger partial charge on any atom is -0.346 e. The topological polar surface area (TPSA) is 79.8 Å². The lowest BCUT2D eigenvalue weighted by molar-refractivity contribution is 0.0914.